The molecule has 0 fully saturated rings. The van der Waals surface area contributed by atoms with E-state index in [2.05, 4.69) is 0 Å². The van der Waals surface area contributed by atoms with Crippen LogP contribution < -0.4 is 10.5 Å². The summed E-state index contributed by atoms with van der Waals surface area (Å²) < 4.78 is 5.20. The third-order valence-electron chi connectivity index (χ3n) is 1.27. The number of nitrogens with two attached hydrogens (primary N) is 1. The zero-order valence-electron chi connectivity index (χ0n) is 7.03. The van der Waals surface area contributed by atoms with Crippen LogP contribution in [0, 0.1) is 0 Å². The minimum atomic E-state index is -1.27. The highest BCUT2D eigenvalue weighted by Gasteiger charge is 2.13. The Morgan fingerprint density at radius 1 is 1.42 bits per heavy atom. The lowest BCUT2D eigenvalue weighted by molar-refractivity contribution is 0.0174. The van der Waals surface area contributed by atoms with Gasteiger partial charge >= 0.3 is 0 Å². The largest absolute Gasteiger partial charge is 0.489 e. The maximum atomic E-state index is 9.13. The molecule has 1 atom stereocenters. The smallest absolute Gasteiger partial charge is 0.145 e. The van der Waals surface area contributed by atoms with Gasteiger partial charge in [0.05, 0.1) is 0 Å². The molecule has 0 amide bonds. The molecule has 0 aromatic heterocycles. The lowest BCUT2D eigenvalue weighted by Crippen LogP contribution is -2.41. The van der Waals surface area contributed by atoms with Gasteiger partial charge in [-0.15, -0.1) is 0 Å². The van der Waals surface area contributed by atoms with Crippen LogP contribution in [0.15, 0.2) is 30.3 Å². The van der Waals surface area contributed by atoms with Crippen LogP contribution in [-0.2, 0) is 0 Å². The SMILES string of the molecule is CC(N)(O)COc1ccccc1. The number of benzene rings is 1. The monoisotopic (exact) mass is 167 g/mol. The molecule has 0 spiro atoms. The molecule has 3 heteroatoms. The van der Waals surface area contributed by atoms with Crippen LogP contribution in [0.4, 0.5) is 0 Å². The average Bonchev–Trinajstić information content (AvgIpc) is 2.02. The van der Waals surface area contributed by atoms with Crippen LogP contribution in [0.3, 0.4) is 0 Å². The van der Waals surface area contributed by atoms with E-state index in [0.29, 0.717) is 5.75 Å². The number of hydrogen-bond acceptors (Lipinski definition) is 3. The summed E-state index contributed by atoms with van der Waals surface area (Å²) in [6.45, 7) is 1.59. The molecule has 0 aliphatic carbocycles. The van der Waals surface area contributed by atoms with Gasteiger partial charge in [0.2, 0.25) is 0 Å². The number of ether oxygens (including phenoxy) is 1. The quantitative estimate of drug-likeness (QED) is 0.652. The number of aliphatic hydroxyl groups is 1. The van der Waals surface area contributed by atoms with Crippen LogP contribution in [0.2, 0.25) is 0 Å². The van der Waals surface area contributed by atoms with Gasteiger partial charge in [-0.3, -0.25) is 0 Å². The molecule has 0 aliphatic heterocycles. The highest BCUT2D eigenvalue weighted by Crippen LogP contribution is 2.09. The van der Waals surface area contributed by atoms with Crippen molar-refractivity contribution in [1.29, 1.82) is 0 Å². The zero-order chi connectivity index (χ0) is 9.03. The van der Waals surface area contributed by atoms with Gasteiger partial charge in [0.15, 0.2) is 0 Å². The molecule has 1 aromatic carbocycles. The van der Waals surface area contributed by atoms with E-state index in [1.165, 1.54) is 6.92 Å². The Kier molecular flexibility index (Phi) is 2.68. The van der Waals surface area contributed by atoms with Gasteiger partial charge in [0.1, 0.15) is 18.1 Å². The number of rotatable bonds is 3. The fourth-order valence-electron chi connectivity index (χ4n) is 0.746. The van der Waals surface area contributed by atoms with Crippen molar-refractivity contribution in [2.75, 3.05) is 6.61 Å². The Morgan fingerprint density at radius 2 is 2.00 bits per heavy atom. The Bertz CT molecular complexity index is 228. The summed E-state index contributed by atoms with van der Waals surface area (Å²) in [6.07, 6.45) is 0. The van der Waals surface area contributed by atoms with Crippen LogP contribution in [-0.4, -0.2) is 17.4 Å². The maximum absolute atomic E-state index is 9.13. The fourth-order valence-corrected chi connectivity index (χ4v) is 0.746. The summed E-state index contributed by atoms with van der Waals surface area (Å²) in [5.41, 5.74) is 4.05. The Balaban J connectivity index is 2.44. The third kappa shape index (κ3) is 3.37. The normalized spacial score (nSPS) is 15.2. The van der Waals surface area contributed by atoms with Crippen LogP contribution in [0.25, 0.3) is 0 Å². The summed E-state index contributed by atoms with van der Waals surface area (Å²) in [5.74, 6) is 0.711. The van der Waals surface area contributed by atoms with E-state index in [0.717, 1.165) is 0 Å². The van der Waals surface area contributed by atoms with Crippen molar-refractivity contribution in [3.05, 3.63) is 30.3 Å². The number of hydrogen-bond donors (Lipinski definition) is 2. The highest BCUT2D eigenvalue weighted by molar-refractivity contribution is 5.20. The van der Waals surface area contributed by atoms with Crippen molar-refractivity contribution >= 4 is 0 Å². The second-order valence-electron chi connectivity index (χ2n) is 2.96. The van der Waals surface area contributed by atoms with Crippen molar-refractivity contribution in [3.8, 4) is 5.75 Å². The molecule has 1 rings (SSSR count). The van der Waals surface area contributed by atoms with Gasteiger partial charge in [0, 0.05) is 0 Å². The molecule has 0 saturated heterocycles. The van der Waals surface area contributed by atoms with Crippen molar-refractivity contribution in [2.24, 2.45) is 5.73 Å². The fraction of sp³-hybridized carbons (Fsp3) is 0.333. The molecule has 0 saturated carbocycles. The lowest BCUT2D eigenvalue weighted by atomic mass is 10.3. The average molecular weight is 167 g/mol. The Hall–Kier alpha value is -1.06. The Labute approximate surface area is 71.8 Å². The van der Waals surface area contributed by atoms with Gasteiger partial charge < -0.3 is 15.6 Å². The standard InChI is InChI=1S/C9H13NO2/c1-9(10,11)7-12-8-5-3-2-4-6-8/h2-6,11H,7,10H2,1H3. The molecule has 0 aliphatic rings. The second-order valence-corrected chi connectivity index (χ2v) is 2.96. The van der Waals surface area contributed by atoms with Crippen molar-refractivity contribution in [2.45, 2.75) is 12.6 Å². The van der Waals surface area contributed by atoms with E-state index in [4.69, 9.17) is 15.6 Å². The predicted octanol–water partition coefficient (Wildman–Crippen LogP) is 0.733. The van der Waals surface area contributed by atoms with Crippen molar-refractivity contribution in [3.63, 3.8) is 0 Å². The van der Waals surface area contributed by atoms with E-state index in [1.807, 2.05) is 30.3 Å². The molecule has 1 aromatic rings. The molecule has 1 unspecified atom stereocenters. The molecule has 0 radical (unpaired) electrons. The summed E-state index contributed by atoms with van der Waals surface area (Å²) in [5, 5.41) is 9.13. The zero-order valence-corrected chi connectivity index (χ0v) is 7.03. The lowest BCUT2D eigenvalue weighted by Gasteiger charge is -2.17. The molecule has 12 heavy (non-hydrogen) atoms. The summed E-state index contributed by atoms with van der Waals surface area (Å²) in [7, 11) is 0. The topological polar surface area (TPSA) is 55.5 Å². The summed E-state index contributed by atoms with van der Waals surface area (Å²) in [6, 6.07) is 9.24. The first-order chi connectivity index (χ1) is 5.58. The van der Waals surface area contributed by atoms with Crippen LogP contribution in [0.1, 0.15) is 6.92 Å². The van der Waals surface area contributed by atoms with Gasteiger partial charge in [-0.05, 0) is 19.1 Å². The molecule has 0 bridgehead atoms. The first kappa shape index (κ1) is 9.03. The second kappa shape index (κ2) is 3.56. The minimum Gasteiger partial charge on any atom is -0.489 e. The van der Waals surface area contributed by atoms with Gasteiger partial charge in [0.25, 0.3) is 0 Å². The first-order valence-corrected chi connectivity index (χ1v) is 3.77. The van der Waals surface area contributed by atoms with E-state index < -0.39 is 5.72 Å². The minimum absolute atomic E-state index is 0.0943. The van der Waals surface area contributed by atoms with Gasteiger partial charge in [-0.1, -0.05) is 18.2 Å². The third-order valence-corrected chi connectivity index (χ3v) is 1.27. The predicted molar refractivity (Wildman–Crippen MR) is 46.7 cm³/mol. The van der Waals surface area contributed by atoms with Gasteiger partial charge in [-0.2, -0.15) is 0 Å². The molecule has 3 nitrogen and oxygen atoms in total. The Morgan fingerprint density at radius 3 is 2.50 bits per heavy atom. The van der Waals surface area contributed by atoms with E-state index in [-0.39, 0.29) is 6.61 Å². The van der Waals surface area contributed by atoms with Crippen LogP contribution in [0.5, 0.6) is 5.75 Å². The number of para-hydroxylation sites is 1. The molecular weight excluding hydrogens is 154 g/mol. The van der Waals surface area contributed by atoms with Crippen molar-refractivity contribution < 1.29 is 9.84 Å². The van der Waals surface area contributed by atoms with Gasteiger partial charge in [-0.25, -0.2) is 0 Å². The molecule has 66 valence electrons. The molecule has 3 N–H and O–H groups in total. The highest BCUT2D eigenvalue weighted by atomic mass is 16.5. The molecular formula is C9H13NO2. The van der Waals surface area contributed by atoms with E-state index >= 15 is 0 Å². The summed E-state index contributed by atoms with van der Waals surface area (Å²) in [4.78, 5) is 0. The maximum Gasteiger partial charge on any atom is 0.145 e. The van der Waals surface area contributed by atoms with E-state index in [1.54, 1.807) is 0 Å². The van der Waals surface area contributed by atoms with Crippen LogP contribution >= 0.6 is 0 Å². The molecule has 0 heterocycles. The first-order valence-electron chi connectivity index (χ1n) is 3.77. The van der Waals surface area contributed by atoms with E-state index in [9.17, 15) is 0 Å². The van der Waals surface area contributed by atoms with Crippen molar-refractivity contribution in [1.82, 2.24) is 0 Å². The summed E-state index contributed by atoms with van der Waals surface area (Å²) >= 11 is 0.